The fourth-order valence-electron chi connectivity index (χ4n) is 3.60. The van der Waals surface area contributed by atoms with Crippen LogP contribution in [0, 0.1) is 17.1 Å². The van der Waals surface area contributed by atoms with Gasteiger partial charge in [0.1, 0.15) is 5.82 Å². The molecule has 0 saturated carbocycles. The lowest BCUT2D eigenvalue weighted by Gasteiger charge is -2.32. The van der Waals surface area contributed by atoms with Gasteiger partial charge in [-0.1, -0.05) is 6.42 Å². The van der Waals surface area contributed by atoms with E-state index in [1.54, 1.807) is 12.1 Å². The first kappa shape index (κ1) is 14.5. The number of nitrogens with zero attached hydrogens (tertiary/aromatic N) is 3. The predicted molar refractivity (Wildman–Crippen MR) is 80.2 cm³/mol. The molecule has 112 valence electrons. The van der Waals surface area contributed by atoms with Gasteiger partial charge in [-0.15, -0.1) is 0 Å². The second-order valence-electron chi connectivity index (χ2n) is 6.23. The quantitative estimate of drug-likeness (QED) is 0.856. The van der Waals surface area contributed by atoms with E-state index in [1.165, 1.54) is 44.8 Å². The summed E-state index contributed by atoms with van der Waals surface area (Å²) in [7, 11) is 0. The van der Waals surface area contributed by atoms with Crippen LogP contribution in [0.1, 0.15) is 36.8 Å². The normalized spacial score (nSPS) is 24.1. The number of hydrogen-bond donors (Lipinski definition) is 0. The summed E-state index contributed by atoms with van der Waals surface area (Å²) in [6.45, 7) is 5.35. The third-order valence-electron chi connectivity index (χ3n) is 4.65. The molecule has 0 radical (unpaired) electrons. The summed E-state index contributed by atoms with van der Waals surface area (Å²) in [5, 5.41) is 8.92. The number of nitriles is 1. The molecule has 1 aromatic rings. The number of benzene rings is 1. The fourth-order valence-corrected chi connectivity index (χ4v) is 3.60. The molecule has 2 heterocycles. The maximum atomic E-state index is 13.5. The second-order valence-corrected chi connectivity index (χ2v) is 6.23. The lowest BCUT2D eigenvalue weighted by Crippen LogP contribution is -2.40. The minimum Gasteiger partial charge on any atom is -0.299 e. The number of hydrogen-bond acceptors (Lipinski definition) is 3. The summed E-state index contributed by atoms with van der Waals surface area (Å²) < 4.78 is 13.5. The number of likely N-dealkylation sites (tertiary alicyclic amines) is 2. The zero-order valence-corrected chi connectivity index (χ0v) is 12.4. The van der Waals surface area contributed by atoms with Gasteiger partial charge in [0.2, 0.25) is 0 Å². The van der Waals surface area contributed by atoms with E-state index in [0.717, 1.165) is 25.2 Å². The Bertz CT molecular complexity index is 531. The van der Waals surface area contributed by atoms with Crippen molar-refractivity contribution in [3.63, 3.8) is 0 Å². The summed E-state index contributed by atoms with van der Waals surface area (Å²) in [6, 6.07) is 7.34. The molecule has 2 aliphatic heterocycles. The van der Waals surface area contributed by atoms with E-state index >= 15 is 0 Å². The first-order chi connectivity index (χ1) is 10.2. The molecule has 1 aromatic carbocycles. The molecular formula is C17H22FN3. The third kappa shape index (κ3) is 3.61. The van der Waals surface area contributed by atoms with E-state index in [9.17, 15) is 4.39 Å². The average molecular weight is 287 g/mol. The van der Waals surface area contributed by atoms with E-state index < -0.39 is 0 Å². The van der Waals surface area contributed by atoms with Crippen LogP contribution in [-0.2, 0) is 6.54 Å². The molecule has 21 heavy (non-hydrogen) atoms. The molecule has 3 nitrogen and oxygen atoms in total. The van der Waals surface area contributed by atoms with Crippen LogP contribution < -0.4 is 0 Å². The van der Waals surface area contributed by atoms with E-state index in [2.05, 4.69) is 9.80 Å². The van der Waals surface area contributed by atoms with Gasteiger partial charge in [-0.2, -0.15) is 5.26 Å². The smallest absolute Gasteiger partial charge is 0.124 e. The SMILES string of the molecule is N#Cc1cc(F)cc(CN2CCC(N3CCCCC3)C2)c1. The molecule has 4 heteroatoms. The lowest BCUT2D eigenvalue weighted by molar-refractivity contribution is 0.161. The third-order valence-corrected chi connectivity index (χ3v) is 4.65. The highest BCUT2D eigenvalue weighted by molar-refractivity contribution is 5.33. The molecule has 0 N–H and O–H groups in total. The topological polar surface area (TPSA) is 30.3 Å². The van der Waals surface area contributed by atoms with Gasteiger partial charge >= 0.3 is 0 Å². The van der Waals surface area contributed by atoms with E-state index in [4.69, 9.17) is 5.26 Å². The number of piperidine rings is 1. The Morgan fingerprint density at radius 2 is 1.95 bits per heavy atom. The summed E-state index contributed by atoms with van der Waals surface area (Å²) in [6.07, 6.45) is 5.23. The molecule has 2 fully saturated rings. The van der Waals surface area contributed by atoms with Crippen LogP contribution in [0.2, 0.25) is 0 Å². The maximum Gasteiger partial charge on any atom is 0.124 e. The minimum atomic E-state index is -0.309. The van der Waals surface area contributed by atoms with E-state index in [0.29, 0.717) is 11.6 Å². The molecule has 0 bridgehead atoms. The molecule has 1 unspecified atom stereocenters. The summed E-state index contributed by atoms with van der Waals surface area (Å²) >= 11 is 0. The van der Waals surface area contributed by atoms with Crippen molar-refractivity contribution >= 4 is 0 Å². The van der Waals surface area contributed by atoms with Gasteiger partial charge in [0.05, 0.1) is 11.6 Å². The Morgan fingerprint density at radius 1 is 1.14 bits per heavy atom. The first-order valence-corrected chi connectivity index (χ1v) is 7.90. The van der Waals surface area contributed by atoms with Crippen LogP contribution in [-0.4, -0.2) is 42.0 Å². The Balaban J connectivity index is 1.59. The van der Waals surface area contributed by atoms with Crippen LogP contribution in [0.4, 0.5) is 4.39 Å². The Morgan fingerprint density at radius 3 is 2.71 bits per heavy atom. The molecule has 0 amide bonds. The summed E-state index contributed by atoms with van der Waals surface area (Å²) in [5.74, 6) is -0.309. The van der Waals surface area contributed by atoms with Crippen molar-refractivity contribution in [1.82, 2.24) is 9.80 Å². The van der Waals surface area contributed by atoms with E-state index in [1.807, 2.05) is 6.07 Å². The minimum absolute atomic E-state index is 0.309. The average Bonchev–Trinajstić information content (AvgIpc) is 2.96. The lowest BCUT2D eigenvalue weighted by atomic mass is 10.1. The molecule has 2 saturated heterocycles. The first-order valence-electron chi connectivity index (χ1n) is 7.90. The Kier molecular flexibility index (Phi) is 4.52. The molecule has 3 rings (SSSR count). The molecule has 2 aliphatic rings. The standard InChI is InChI=1S/C17H22FN3/c18-16-9-14(11-19)8-15(10-16)12-20-7-4-17(13-20)21-5-2-1-3-6-21/h8-10,17H,1-7,12-13H2. The van der Waals surface area contributed by atoms with Gasteiger partial charge in [0.25, 0.3) is 0 Å². The zero-order chi connectivity index (χ0) is 14.7. The van der Waals surface area contributed by atoms with Gasteiger partial charge in [-0.3, -0.25) is 9.80 Å². The largest absolute Gasteiger partial charge is 0.299 e. The van der Waals surface area contributed by atoms with Crippen molar-refractivity contribution in [2.75, 3.05) is 26.2 Å². The molecule has 0 aromatic heterocycles. The predicted octanol–water partition coefficient (Wildman–Crippen LogP) is 2.76. The molecule has 1 atom stereocenters. The van der Waals surface area contributed by atoms with Crippen LogP contribution >= 0.6 is 0 Å². The second kappa shape index (κ2) is 6.55. The van der Waals surface area contributed by atoms with Crippen LogP contribution in [0.25, 0.3) is 0 Å². The van der Waals surface area contributed by atoms with Gasteiger partial charge in [-0.05, 0) is 56.1 Å². The highest BCUT2D eigenvalue weighted by Gasteiger charge is 2.28. The van der Waals surface area contributed by atoms with Crippen LogP contribution in [0.5, 0.6) is 0 Å². The van der Waals surface area contributed by atoms with Gasteiger partial charge in [0.15, 0.2) is 0 Å². The van der Waals surface area contributed by atoms with Crippen molar-refractivity contribution in [1.29, 1.82) is 5.26 Å². The van der Waals surface area contributed by atoms with Crippen molar-refractivity contribution in [3.05, 3.63) is 35.1 Å². The van der Waals surface area contributed by atoms with Crippen LogP contribution in [0.15, 0.2) is 18.2 Å². The van der Waals surface area contributed by atoms with Gasteiger partial charge in [0, 0.05) is 25.7 Å². The molecular weight excluding hydrogens is 265 g/mol. The number of halogens is 1. The van der Waals surface area contributed by atoms with Crippen molar-refractivity contribution in [2.24, 2.45) is 0 Å². The summed E-state index contributed by atoms with van der Waals surface area (Å²) in [5.41, 5.74) is 1.32. The number of rotatable bonds is 3. The van der Waals surface area contributed by atoms with Crippen molar-refractivity contribution in [2.45, 2.75) is 38.3 Å². The van der Waals surface area contributed by atoms with Crippen molar-refractivity contribution < 1.29 is 4.39 Å². The Hall–Kier alpha value is -1.44. The highest BCUT2D eigenvalue weighted by Crippen LogP contribution is 2.22. The highest BCUT2D eigenvalue weighted by atomic mass is 19.1. The molecule has 0 spiro atoms. The van der Waals surface area contributed by atoms with Gasteiger partial charge < -0.3 is 0 Å². The van der Waals surface area contributed by atoms with Crippen LogP contribution in [0.3, 0.4) is 0 Å². The Labute approximate surface area is 126 Å². The summed E-state index contributed by atoms with van der Waals surface area (Å²) in [4.78, 5) is 5.00. The molecule has 0 aliphatic carbocycles. The van der Waals surface area contributed by atoms with Crippen molar-refractivity contribution in [3.8, 4) is 6.07 Å². The zero-order valence-electron chi connectivity index (χ0n) is 12.4. The maximum absolute atomic E-state index is 13.5. The fraction of sp³-hybridized carbons (Fsp3) is 0.588. The monoisotopic (exact) mass is 287 g/mol. The van der Waals surface area contributed by atoms with Gasteiger partial charge in [-0.25, -0.2) is 4.39 Å². The van der Waals surface area contributed by atoms with E-state index in [-0.39, 0.29) is 5.82 Å².